The zero-order chi connectivity index (χ0) is 13.0. The summed E-state index contributed by atoms with van der Waals surface area (Å²) in [5, 5.41) is 1.93. The van der Waals surface area contributed by atoms with Crippen LogP contribution in [0.3, 0.4) is 0 Å². The fraction of sp³-hybridized carbons (Fsp3) is 0.308. The van der Waals surface area contributed by atoms with E-state index in [0.717, 1.165) is 28.3 Å². The van der Waals surface area contributed by atoms with Gasteiger partial charge in [-0.15, -0.1) is 11.3 Å². The lowest BCUT2D eigenvalue weighted by molar-refractivity contribution is 0.100. The molecule has 1 amide bonds. The minimum absolute atomic E-state index is 0.424. The first kappa shape index (κ1) is 13.4. The molecular weight excluding hydrogens is 314 g/mol. The summed E-state index contributed by atoms with van der Waals surface area (Å²) < 4.78 is 6.77. The fourth-order valence-electron chi connectivity index (χ4n) is 1.70. The van der Waals surface area contributed by atoms with Crippen molar-refractivity contribution in [2.75, 3.05) is 11.9 Å². The summed E-state index contributed by atoms with van der Waals surface area (Å²) in [6, 6.07) is 7.80. The number of fused-ring (bicyclic) bond motifs is 1. The summed E-state index contributed by atoms with van der Waals surface area (Å²) in [7, 11) is 0. The van der Waals surface area contributed by atoms with E-state index in [9.17, 15) is 4.79 Å². The van der Waals surface area contributed by atoms with Crippen LogP contribution in [0.15, 0.2) is 24.3 Å². The van der Waals surface area contributed by atoms with E-state index in [1.54, 1.807) is 0 Å². The van der Waals surface area contributed by atoms with Crippen molar-refractivity contribution in [3.63, 3.8) is 0 Å². The Morgan fingerprint density at radius 2 is 2.11 bits per heavy atom. The molecule has 0 aliphatic carbocycles. The third-order valence-electron chi connectivity index (χ3n) is 2.55. The van der Waals surface area contributed by atoms with Gasteiger partial charge in [0.05, 0.1) is 6.61 Å². The molecule has 0 fully saturated rings. The molecule has 18 heavy (non-hydrogen) atoms. The van der Waals surface area contributed by atoms with Crippen molar-refractivity contribution in [3.8, 4) is 5.75 Å². The highest BCUT2D eigenvalue weighted by Gasteiger charge is 2.17. The Morgan fingerprint density at radius 1 is 1.33 bits per heavy atom. The minimum Gasteiger partial charge on any atom is -0.491 e. The monoisotopic (exact) mass is 327 g/mol. The number of unbranched alkanes of at least 4 members (excludes halogenated alkanes) is 1. The molecule has 1 aromatic heterocycles. The second kappa shape index (κ2) is 6.20. The van der Waals surface area contributed by atoms with Crippen LogP contribution in [0, 0.1) is 0 Å². The third-order valence-corrected chi connectivity index (χ3v) is 4.28. The number of carbonyl (C=O) groups excluding carboxylic acids is 1. The lowest BCUT2D eigenvalue weighted by Gasteiger charge is -2.05. The van der Waals surface area contributed by atoms with Gasteiger partial charge in [-0.3, -0.25) is 4.79 Å². The highest BCUT2D eigenvalue weighted by atomic mass is 79.9. The van der Waals surface area contributed by atoms with Crippen LogP contribution < -0.4 is 10.5 Å². The zero-order valence-corrected chi connectivity index (χ0v) is 12.2. The van der Waals surface area contributed by atoms with Crippen LogP contribution in [0.5, 0.6) is 5.75 Å². The molecule has 1 aromatic carbocycles. The molecule has 0 atom stereocenters. The Kier molecular flexibility index (Phi) is 4.60. The molecule has 0 saturated heterocycles. The van der Waals surface area contributed by atoms with Gasteiger partial charge in [-0.05, 0) is 25.0 Å². The fourth-order valence-corrected chi connectivity index (χ4v) is 3.09. The largest absolute Gasteiger partial charge is 0.491 e. The molecule has 2 aromatic rings. The van der Waals surface area contributed by atoms with Crippen molar-refractivity contribution in [1.82, 2.24) is 0 Å². The van der Waals surface area contributed by atoms with Gasteiger partial charge in [-0.1, -0.05) is 28.1 Å². The number of primary amides is 1. The maximum atomic E-state index is 11.4. The quantitative estimate of drug-likeness (QED) is 0.651. The minimum atomic E-state index is -0.424. The van der Waals surface area contributed by atoms with Crippen molar-refractivity contribution in [1.29, 1.82) is 0 Å². The summed E-state index contributed by atoms with van der Waals surface area (Å²) in [6.45, 7) is 0.604. The highest BCUT2D eigenvalue weighted by molar-refractivity contribution is 9.09. The second-order valence-corrected chi connectivity index (χ2v) is 5.71. The predicted molar refractivity (Wildman–Crippen MR) is 78.9 cm³/mol. The van der Waals surface area contributed by atoms with Crippen LogP contribution in [0.25, 0.3) is 10.1 Å². The molecule has 0 saturated carbocycles. The van der Waals surface area contributed by atoms with Crippen LogP contribution in [0.1, 0.15) is 22.5 Å². The maximum Gasteiger partial charge on any atom is 0.262 e. The number of ether oxygens (including phenoxy) is 1. The number of nitrogens with two attached hydrogens (primary N) is 1. The highest BCUT2D eigenvalue weighted by Crippen LogP contribution is 2.37. The smallest absolute Gasteiger partial charge is 0.262 e. The van der Waals surface area contributed by atoms with Crippen molar-refractivity contribution in [2.45, 2.75) is 12.8 Å². The van der Waals surface area contributed by atoms with Gasteiger partial charge in [-0.25, -0.2) is 0 Å². The van der Waals surface area contributed by atoms with Crippen LogP contribution >= 0.6 is 27.3 Å². The van der Waals surface area contributed by atoms with E-state index >= 15 is 0 Å². The van der Waals surface area contributed by atoms with Gasteiger partial charge in [0.25, 0.3) is 5.91 Å². The summed E-state index contributed by atoms with van der Waals surface area (Å²) in [5.74, 6) is 0.212. The molecule has 0 aliphatic rings. The average Bonchev–Trinajstić information content (AvgIpc) is 2.74. The number of thiophene rings is 1. The van der Waals surface area contributed by atoms with Gasteiger partial charge in [0.1, 0.15) is 4.88 Å². The van der Waals surface area contributed by atoms with Crippen LogP contribution in [-0.2, 0) is 0 Å². The summed E-state index contributed by atoms with van der Waals surface area (Å²) in [4.78, 5) is 11.9. The molecule has 2 N–H and O–H groups in total. The molecule has 0 unspecified atom stereocenters. The lowest BCUT2D eigenvalue weighted by atomic mass is 10.2. The first-order valence-corrected chi connectivity index (χ1v) is 7.68. The molecular formula is C13H14BrNO2S. The normalized spacial score (nSPS) is 10.7. The lowest BCUT2D eigenvalue weighted by Crippen LogP contribution is -2.11. The van der Waals surface area contributed by atoms with Crippen molar-refractivity contribution in [2.24, 2.45) is 5.73 Å². The topological polar surface area (TPSA) is 52.3 Å². The molecule has 3 nitrogen and oxygen atoms in total. The van der Waals surface area contributed by atoms with E-state index in [2.05, 4.69) is 15.9 Å². The van der Waals surface area contributed by atoms with Crippen LogP contribution in [0.4, 0.5) is 0 Å². The Balaban J connectivity index is 2.27. The van der Waals surface area contributed by atoms with Gasteiger partial charge >= 0.3 is 0 Å². The van der Waals surface area contributed by atoms with Crippen LogP contribution in [-0.4, -0.2) is 17.8 Å². The number of hydrogen-bond acceptors (Lipinski definition) is 3. The standard InChI is InChI=1S/C13H14BrNO2S/c14-7-3-4-8-17-11-9-5-1-2-6-10(9)18-12(11)13(15)16/h1-2,5-6H,3-4,7-8H2,(H2,15,16). The number of hydrogen-bond donors (Lipinski definition) is 1. The number of amides is 1. The van der Waals surface area contributed by atoms with Gasteiger partial charge in [-0.2, -0.15) is 0 Å². The number of rotatable bonds is 6. The van der Waals surface area contributed by atoms with E-state index in [-0.39, 0.29) is 0 Å². The molecule has 96 valence electrons. The van der Waals surface area contributed by atoms with Gasteiger partial charge in [0, 0.05) is 15.4 Å². The van der Waals surface area contributed by atoms with Crippen LogP contribution in [0.2, 0.25) is 0 Å². The van der Waals surface area contributed by atoms with Crippen molar-refractivity contribution in [3.05, 3.63) is 29.1 Å². The second-order valence-electron chi connectivity index (χ2n) is 3.87. The first-order valence-electron chi connectivity index (χ1n) is 5.74. The third kappa shape index (κ3) is 2.84. The van der Waals surface area contributed by atoms with Crippen molar-refractivity contribution < 1.29 is 9.53 Å². The van der Waals surface area contributed by atoms with E-state index in [1.165, 1.54) is 11.3 Å². The number of halogens is 1. The van der Waals surface area contributed by atoms with Gasteiger partial charge in [0.15, 0.2) is 5.75 Å². The Labute approximate surface area is 118 Å². The molecule has 0 spiro atoms. The van der Waals surface area contributed by atoms with E-state index < -0.39 is 5.91 Å². The van der Waals surface area contributed by atoms with Gasteiger partial charge < -0.3 is 10.5 Å². The molecule has 2 rings (SSSR count). The molecule has 1 heterocycles. The van der Waals surface area contributed by atoms with E-state index in [4.69, 9.17) is 10.5 Å². The van der Waals surface area contributed by atoms with Gasteiger partial charge in [0.2, 0.25) is 0 Å². The number of benzene rings is 1. The maximum absolute atomic E-state index is 11.4. The predicted octanol–water partition coefficient (Wildman–Crippen LogP) is 3.55. The summed E-state index contributed by atoms with van der Waals surface area (Å²) >= 11 is 4.77. The summed E-state index contributed by atoms with van der Waals surface area (Å²) in [6.07, 6.45) is 2.00. The Hall–Kier alpha value is -1.07. The Morgan fingerprint density at radius 3 is 2.83 bits per heavy atom. The number of carbonyl (C=O) groups is 1. The SMILES string of the molecule is NC(=O)c1sc2ccccc2c1OCCCCBr. The Bertz CT molecular complexity index is 553. The first-order chi connectivity index (χ1) is 8.74. The van der Waals surface area contributed by atoms with E-state index in [0.29, 0.717) is 17.2 Å². The zero-order valence-electron chi connectivity index (χ0n) is 9.82. The summed E-state index contributed by atoms with van der Waals surface area (Å²) in [5.41, 5.74) is 5.39. The molecule has 5 heteroatoms. The average molecular weight is 328 g/mol. The van der Waals surface area contributed by atoms with Crippen molar-refractivity contribution >= 4 is 43.3 Å². The van der Waals surface area contributed by atoms with E-state index in [1.807, 2.05) is 24.3 Å². The molecule has 0 aliphatic heterocycles. The number of alkyl halides is 1. The molecule has 0 radical (unpaired) electrons. The molecule has 0 bridgehead atoms.